The largest absolute Gasteiger partial charge is 0.355 e. The van der Waals surface area contributed by atoms with Gasteiger partial charge in [-0.05, 0) is 50.8 Å². The monoisotopic (exact) mass is 525 g/mol. The number of nitrogens with zero attached hydrogens (tertiary/aromatic N) is 6. The van der Waals surface area contributed by atoms with Gasteiger partial charge < -0.3 is 14.5 Å². The van der Waals surface area contributed by atoms with Crippen LogP contribution in [0.2, 0.25) is 5.02 Å². The summed E-state index contributed by atoms with van der Waals surface area (Å²) in [7, 11) is -1.33. The summed E-state index contributed by atoms with van der Waals surface area (Å²) in [6, 6.07) is 9.09. The Hall–Kier alpha value is -3.16. The molecule has 36 heavy (non-hydrogen) atoms. The second-order valence-electron chi connectivity index (χ2n) is 9.44. The van der Waals surface area contributed by atoms with Gasteiger partial charge in [-0.15, -0.1) is 0 Å². The summed E-state index contributed by atoms with van der Waals surface area (Å²) in [4.78, 5) is 22.6. The molecule has 0 spiro atoms. The minimum absolute atomic E-state index is 0.0284. The molecule has 2 aliphatic rings. The zero-order valence-electron chi connectivity index (χ0n) is 20.3. The second kappa shape index (κ2) is 10.1. The Kier molecular flexibility index (Phi) is 6.86. The van der Waals surface area contributed by atoms with Gasteiger partial charge in [-0.1, -0.05) is 11.6 Å². The van der Waals surface area contributed by atoms with Crippen LogP contribution >= 0.6 is 11.6 Å². The Morgan fingerprint density at radius 1 is 1.25 bits per heavy atom. The summed E-state index contributed by atoms with van der Waals surface area (Å²) in [6.07, 6.45) is 7.01. The van der Waals surface area contributed by atoms with Crippen LogP contribution in [0.5, 0.6) is 0 Å². The number of amides is 1. The molecular formula is C25H28ClN7O2S. The number of likely N-dealkylation sites (tertiary alicyclic amines) is 1. The average Bonchev–Trinajstić information content (AvgIpc) is 3.50. The molecule has 2 fully saturated rings. The fraction of sp³-hybridized carbons (Fsp3) is 0.440. The quantitative estimate of drug-likeness (QED) is 0.537. The minimum Gasteiger partial charge on any atom is -0.355 e. The number of benzene rings is 1. The van der Waals surface area contributed by atoms with E-state index in [1.54, 1.807) is 22.7 Å². The predicted molar refractivity (Wildman–Crippen MR) is 140 cm³/mol. The number of carbonyl (C=O) groups excluding carboxylic acids is 1. The van der Waals surface area contributed by atoms with E-state index in [0.29, 0.717) is 29.4 Å². The molecular weight excluding hydrogens is 498 g/mol. The highest BCUT2D eigenvalue weighted by Crippen LogP contribution is 2.34. The molecule has 4 heterocycles. The average molecular weight is 526 g/mol. The van der Waals surface area contributed by atoms with E-state index in [1.807, 2.05) is 24.1 Å². The topological polar surface area (TPSA) is 107 Å². The summed E-state index contributed by atoms with van der Waals surface area (Å²) < 4.78 is 16.5. The Bertz CT molecular complexity index is 1380. The SMILES string of the molecule is Cc1cn2nc(C3CCCCN3C(=O)c3cc(Cl)ccc3NS(C)=O)cc2nc1N1CCC(C#N)C1. The first-order chi connectivity index (χ1) is 17.3. The molecule has 2 aliphatic heterocycles. The number of nitrogens with one attached hydrogen (secondary N) is 1. The molecule has 3 aromatic rings. The summed E-state index contributed by atoms with van der Waals surface area (Å²) in [5.74, 6) is 0.739. The fourth-order valence-corrected chi connectivity index (χ4v) is 5.79. The van der Waals surface area contributed by atoms with Crippen molar-refractivity contribution in [1.29, 1.82) is 5.26 Å². The molecule has 3 unspecified atom stereocenters. The van der Waals surface area contributed by atoms with E-state index in [2.05, 4.69) is 15.7 Å². The molecule has 5 rings (SSSR count). The number of rotatable bonds is 5. The number of carbonyl (C=O) groups is 1. The van der Waals surface area contributed by atoms with Crippen molar-refractivity contribution in [3.8, 4) is 6.07 Å². The number of fused-ring (bicyclic) bond motifs is 1. The maximum absolute atomic E-state index is 13.7. The van der Waals surface area contributed by atoms with E-state index in [1.165, 1.54) is 6.26 Å². The van der Waals surface area contributed by atoms with Gasteiger partial charge in [0.1, 0.15) is 16.8 Å². The van der Waals surface area contributed by atoms with Crippen molar-refractivity contribution in [3.05, 3.63) is 52.3 Å². The van der Waals surface area contributed by atoms with Crippen LogP contribution in [0.4, 0.5) is 11.5 Å². The number of hydrogen-bond donors (Lipinski definition) is 1. The highest BCUT2D eigenvalue weighted by Gasteiger charge is 2.32. The molecule has 9 nitrogen and oxygen atoms in total. The Morgan fingerprint density at radius 2 is 2.08 bits per heavy atom. The highest BCUT2D eigenvalue weighted by molar-refractivity contribution is 7.85. The number of hydrogen-bond acceptors (Lipinski definition) is 6. The van der Waals surface area contributed by atoms with Gasteiger partial charge in [0, 0.05) is 48.7 Å². The predicted octanol–water partition coefficient (Wildman–Crippen LogP) is 4.11. The van der Waals surface area contributed by atoms with E-state index < -0.39 is 11.0 Å². The normalized spacial score (nSPS) is 20.9. The molecule has 0 bridgehead atoms. The van der Waals surface area contributed by atoms with Crippen LogP contribution in [0, 0.1) is 24.2 Å². The van der Waals surface area contributed by atoms with Gasteiger partial charge in [-0.3, -0.25) is 4.79 Å². The van der Waals surface area contributed by atoms with Crippen molar-refractivity contribution in [2.24, 2.45) is 5.92 Å². The van der Waals surface area contributed by atoms with Crippen LogP contribution in [0.1, 0.15) is 53.3 Å². The first-order valence-electron chi connectivity index (χ1n) is 12.1. The van der Waals surface area contributed by atoms with Crippen molar-refractivity contribution in [2.75, 3.05) is 35.5 Å². The van der Waals surface area contributed by atoms with Gasteiger partial charge in [0.25, 0.3) is 5.91 Å². The molecule has 0 saturated carbocycles. The summed E-state index contributed by atoms with van der Waals surface area (Å²) in [5.41, 5.74) is 3.39. The minimum atomic E-state index is -1.33. The van der Waals surface area contributed by atoms with Crippen LogP contribution in [0.3, 0.4) is 0 Å². The molecule has 1 N–H and O–H groups in total. The highest BCUT2D eigenvalue weighted by atomic mass is 35.5. The van der Waals surface area contributed by atoms with Gasteiger partial charge in [-0.2, -0.15) is 10.4 Å². The number of piperidine rings is 1. The third-order valence-electron chi connectivity index (χ3n) is 6.87. The van der Waals surface area contributed by atoms with Crippen molar-refractivity contribution in [1.82, 2.24) is 19.5 Å². The first-order valence-corrected chi connectivity index (χ1v) is 14.0. The van der Waals surface area contributed by atoms with Gasteiger partial charge in [-0.25, -0.2) is 13.7 Å². The Morgan fingerprint density at radius 3 is 2.83 bits per heavy atom. The third kappa shape index (κ3) is 4.77. The third-order valence-corrected chi connectivity index (χ3v) is 7.61. The number of aryl methyl sites for hydroxylation is 1. The summed E-state index contributed by atoms with van der Waals surface area (Å²) in [5, 5.41) is 14.5. The lowest BCUT2D eigenvalue weighted by Gasteiger charge is -2.35. The van der Waals surface area contributed by atoms with Crippen molar-refractivity contribution < 1.29 is 9.00 Å². The number of anilines is 2. The summed E-state index contributed by atoms with van der Waals surface area (Å²) in [6.45, 7) is 4.10. The lowest BCUT2D eigenvalue weighted by atomic mass is 9.98. The Labute approximate surface area is 217 Å². The number of aromatic nitrogens is 3. The summed E-state index contributed by atoms with van der Waals surface area (Å²) >= 11 is 6.22. The Balaban J connectivity index is 1.47. The van der Waals surface area contributed by atoms with E-state index >= 15 is 0 Å². The standard InChI is InChI=1S/C25H28ClN7O2S/c1-16-14-33-23(28-24(16)31-10-8-17(13-27)15-31)12-21(29-33)22-5-3-4-9-32(22)25(34)19-11-18(26)6-7-20(19)30-36(2)35/h6-7,11-12,14,17,22,30H,3-5,8-10,15H2,1-2H3. The van der Waals surface area contributed by atoms with Crippen LogP contribution in [0.15, 0.2) is 30.5 Å². The second-order valence-corrected chi connectivity index (χ2v) is 11.0. The maximum atomic E-state index is 13.7. The van der Waals surface area contributed by atoms with Crippen molar-refractivity contribution in [3.63, 3.8) is 0 Å². The molecule has 1 amide bonds. The van der Waals surface area contributed by atoms with E-state index in [9.17, 15) is 14.3 Å². The number of halogens is 1. The van der Waals surface area contributed by atoms with E-state index in [0.717, 1.165) is 55.0 Å². The smallest absolute Gasteiger partial charge is 0.256 e. The van der Waals surface area contributed by atoms with Crippen LogP contribution in [-0.2, 0) is 11.0 Å². The fourth-order valence-electron chi connectivity index (χ4n) is 5.13. The molecule has 188 valence electrons. The van der Waals surface area contributed by atoms with E-state index in [4.69, 9.17) is 21.7 Å². The van der Waals surface area contributed by atoms with Gasteiger partial charge in [0.05, 0.1) is 35.0 Å². The van der Waals surface area contributed by atoms with Crippen LogP contribution < -0.4 is 9.62 Å². The number of nitriles is 1. The van der Waals surface area contributed by atoms with Crippen LogP contribution in [-0.4, -0.2) is 55.5 Å². The van der Waals surface area contributed by atoms with E-state index in [-0.39, 0.29) is 17.9 Å². The van der Waals surface area contributed by atoms with Gasteiger partial charge in [0.15, 0.2) is 5.65 Å². The lowest BCUT2D eigenvalue weighted by molar-refractivity contribution is 0.0607. The molecule has 11 heteroatoms. The molecule has 2 aromatic heterocycles. The van der Waals surface area contributed by atoms with Gasteiger partial charge in [0.2, 0.25) is 0 Å². The van der Waals surface area contributed by atoms with Crippen molar-refractivity contribution in [2.45, 2.75) is 38.6 Å². The molecule has 0 radical (unpaired) electrons. The molecule has 1 aromatic carbocycles. The zero-order valence-corrected chi connectivity index (χ0v) is 21.8. The molecule has 3 atom stereocenters. The molecule has 0 aliphatic carbocycles. The first kappa shape index (κ1) is 24.5. The van der Waals surface area contributed by atoms with Crippen LogP contribution in [0.25, 0.3) is 5.65 Å². The lowest BCUT2D eigenvalue weighted by Crippen LogP contribution is -2.39. The van der Waals surface area contributed by atoms with Crippen molar-refractivity contribution >= 4 is 45.6 Å². The van der Waals surface area contributed by atoms with Gasteiger partial charge >= 0.3 is 0 Å². The maximum Gasteiger partial charge on any atom is 0.256 e. The molecule has 2 saturated heterocycles. The zero-order chi connectivity index (χ0) is 25.4.